The highest BCUT2D eigenvalue weighted by atomic mass is 32.2. The predicted octanol–water partition coefficient (Wildman–Crippen LogP) is 3.27. The zero-order chi connectivity index (χ0) is 11.3. The molecule has 0 amide bonds. The van der Waals surface area contributed by atoms with Gasteiger partial charge in [0, 0.05) is 11.0 Å². The Morgan fingerprint density at radius 3 is 2.60 bits per heavy atom. The predicted molar refractivity (Wildman–Crippen MR) is 70.3 cm³/mol. The fourth-order valence-electron chi connectivity index (χ4n) is 1.45. The molecule has 0 aromatic heterocycles. The van der Waals surface area contributed by atoms with Crippen molar-refractivity contribution in [3.05, 3.63) is 34.9 Å². The maximum Gasteiger partial charge on any atom is 0.0187 e. The van der Waals surface area contributed by atoms with Crippen LogP contribution >= 0.6 is 11.8 Å². The second-order valence-electron chi connectivity index (χ2n) is 4.12. The second-order valence-corrected chi connectivity index (χ2v) is 5.54. The van der Waals surface area contributed by atoms with E-state index in [4.69, 9.17) is 5.73 Å². The highest BCUT2D eigenvalue weighted by Crippen LogP contribution is 2.21. The third-order valence-electron chi connectivity index (χ3n) is 2.68. The van der Waals surface area contributed by atoms with Gasteiger partial charge in [0.15, 0.2) is 0 Å². The summed E-state index contributed by atoms with van der Waals surface area (Å²) in [7, 11) is 0. The minimum Gasteiger partial charge on any atom is -0.330 e. The minimum atomic E-state index is 0.664. The molecule has 2 N–H and O–H groups in total. The molecule has 1 aromatic carbocycles. The average Bonchev–Trinajstić information content (AvgIpc) is 2.20. The van der Waals surface area contributed by atoms with Gasteiger partial charge in [-0.2, -0.15) is 11.8 Å². The molecule has 1 unspecified atom stereocenters. The van der Waals surface area contributed by atoms with Crippen LogP contribution in [0.15, 0.2) is 18.2 Å². The highest BCUT2D eigenvalue weighted by Gasteiger charge is 2.02. The molecule has 0 fully saturated rings. The first-order chi connectivity index (χ1) is 7.13. The molecule has 0 aliphatic rings. The van der Waals surface area contributed by atoms with Gasteiger partial charge < -0.3 is 5.73 Å². The Bertz CT molecular complexity index is 309. The molecule has 0 saturated carbocycles. The van der Waals surface area contributed by atoms with Crippen molar-refractivity contribution < 1.29 is 0 Å². The van der Waals surface area contributed by atoms with Gasteiger partial charge in [-0.05, 0) is 43.5 Å². The molecule has 84 valence electrons. The maximum absolute atomic E-state index is 5.53. The molecular formula is C13H21NS. The van der Waals surface area contributed by atoms with E-state index in [0.29, 0.717) is 5.25 Å². The first-order valence-electron chi connectivity index (χ1n) is 5.51. The minimum absolute atomic E-state index is 0.664. The lowest BCUT2D eigenvalue weighted by Gasteiger charge is -2.10. The van der Waals surface area contributed by atoms with Gasteiger partial charge in [-0.15, -0.1) is 0 Å². The summed E-state index contributed by atoms with van der Waals surface area (Å²) in [6, 6.07) is 6.72. The first-order valence-corrected chi connectivity index (χ1v) is 6.56. The van der Waals surface area contributed by atoms with Gasteiger partial charge in [0.2, 0.25) is 0 Å². The Kier molecular flexibility index (Phi) is 5.20. The van der Waals surface area contributed by atoms with E-state index in [2.05, 4.69) is 39.0 Å². The molecule has 1 aromatic rings. The molecule has 0 heterocycles. The molecule has 0 saturated heterocycles. The fourth-order valence-corrected chi connectivity index (χ4v) is 2.41. The van der Waals surface area contributed by atoms with E-state index in [1.807, 2.05) is 11.8 Å². The van der Waals surface area contributed by atoms with Gasteiger partial charge in [-0.25, -0.2) is 0 Å². The van der Waals surface area contributed by atoms with Crippen molar-refractivity contribution in [3.8, 4) is 0 Å². The van der Waals surface area contributed by atoms with Crippen LogP contribution in [0.1, 0.15) is 30.0 Å². The molecule has 0 spiro atoms. The van der Waals surface area contributed by atoms with Crippen molar-refractivity contribution >= 4 is 11.8 Å². The summed E-state index contributed by atoms with van der Waals surface area (Å²) >= 11 is 1.99. The monoisotopic (exact) mass is 223 g/mol. The van der Waals surface area contributed by atoms with Crippen molar-refractivity contribution in [2.24, 2.45) is 5.73 Å². The van der Waals surface area contributed by atoms with E-state index in [1.165, 1.54) is 16.7 Å². The Hall–Kier alpha value is -0.470. The summed E-state index contributed by atoms with van der Waals surface area (Å²) in [5.74, 6) is 1.10. The van der Waals surface area contributed by atoms with Gasteiger partial charge in [0.05, 0.1) is 0 Å². The maximum atomic E-state index is 5.53. The quantitative estimate of drug-likeness (QED) is 0.829. The van der Waals surface area contributed by atoms with Crippen LogP contribution in [-0.4, -0.2) is 11.8 Å². The molecule has 0 aliphatic carbocycles. The summed E-state index contributed by atoms with van der Waals surface area (Å²) in [5, 5.41) is 0.664. The van der Waals surface area contributed by atoms with Gasteiger partial charge in [-0.3, -0.25) is 0 Å². The smallest absolute Gasteiger partial charge is 0.0187 e. The molecule has 0 bridgehead atoms. The zero-order valence-electron chi connectivity index (χ0n) is 9.92. The molecule has 1 nitrogen and oxygen atoms in total. The summed E-state index contributed by atoms with van der Waals surface area (Å²) in [6.45, 7) is 7.37. The Labute approximate surface area is 97.4 Å². The SMILES string of the molecule is Cc1ccc(CSC(C)CCN)cc1C. The van der Waals surface area contributed by atoms with Crippen LogP contribution in [0.25, 0.3) is 0 Å². The zero-order valence-corrected chi connectivity index (χ0v) is 10.7. The molecule has 15 heavy (non-hydrogen) atoms. The van der Waals surface area contributed by atoms with E-state index >= 15 is 0 Å². The average molecular weight is 223 g/mol. The summed E-state index contributed by atoms with van der Waals surface area (Å²) < 4.78 is 0. The van der Waals surface area contributed by atoms with E-state index < -0.39 is 0 Å². The van der Waals surface area contributed by atoms with E-state index in [0.717, 1.165) is 18.7 Å². The standard InChI is InChI=1S/C13H21NS/c1-10-4-5-13(8-11(10)2)9-15-12(3)6-7-14/h4-5,8,12H,6-7,9,14H2,1-3H3. The lowest BCUT2D eigenvalue weighted by Crippen LogP contribution is -2.07. The number of benzene rings is 1. The van der Waals surface area contributed by atoms with Crippen LogP contribution in [0.3, 0.4) is 0 Å². The lowest BCUT2D eigenvalue weighted by atomic mass is 10.1. The molecule has 1 rings (SSSR count). The summed E-state index contributed by atoms with van der Waals surface area (Å²) in [4.78, 5) is 0. The Balaban J connectivity index is 2.47. The van der Waals surface area contributed by atoms with Crippen molar-refractivity contribution in [2.45, 2.75) is 38.2 Å². The number of rotatable bonds is 5. The van der Waals surface area contributed by atoms with E-state index in [1.54, 1.807) is 0 Å². The first kappa shape index (κ1) is 12.6. The van der Waals surface area contributed by atoms with Crippen molar-refractivity contribution in [1.82, 2.24) is 0 Å². The van der Waals surface area contributed by atoms with E-state index in [-0.39, 0.29) is 0 Å². The number of hydrogen-bond donors (Lipinski definition) is 1. The lowest BCUT2D eigenvalue weighted by molar-refractivity contribution is 0.823. The van der Waals surface area contributed by atoms with Crippen molar-refractivity contribution in [1.29, 1.82) is 0 Å². The largest absolute Gasteiger partial charge is 0.330 e. The van der Waals surface area contributed by atoms with E-state index in [9.17, 15) is 0 Å². The normalized spacial score (nSPS) is 12.8. The second kappa shape index (κ2) is 6.19. The van der Waals surface area contributed by atoms with Crippen LogP contribution in [0, 0.1) is 13.8 Å². The number of thioether (sulfide) groups is 1. The highest BCUT2D eigenvalue weighted by molar-refractivity contribution is 7.99. The Morgan fingerprint density at radius 2 is 2.00 bits per heavy atom. The number of aryl methyl sites for hydroxylation is 2. The van der Waals surface area contributed by atoms with Crippen LogP contribution in [-0.2, 0) is 5.75 Å². The molecule has 2 heteroatoms. The van der Waals surface area contributed by atoms with Gasteiger partial charge >= 0.3 is 0 Å². The molecule has 0 radical (unpaired) electrons. The van der Waals surface area contributed by atoms with Gasteiger partial charge in [0.1, 0.15) is 0 Å². The van der Waals surface area contributed by atoms with Crippen LogP contribution < -0.4 is 5.73 Å². The van der Waals surface area contributed by atoms with Gasteiger partial charge in [0.25, 0.3) is 0 Å². The van der Waals surface area contributed by atoms with Crippen molar-refractivity contribution in [3.63, 3.8) is 0 Å². The topological polar surface area (TPSA) is 26.0 Å². The summed E-state index contributed by atoms with van der Waals surface area (Å²) in [5.41, 5.74) is 9.71. The molecule has 1 atom stereocenters. The molecule has 0 aliphatic heterocycles. The van der Waals surface area contributed by atoms with Crippen molar-refractivity contribution in [2.75, 3.05) is 6.54 Å². The Morgan fingerprint density at radius 1 is 1.27 bits per heavy atom. The van der Waals surface area contributed by atoms with Crippen LogP contribution in [0.4, 0.5) is 0 Å². The third kappa shape index (κ3) is 4.27. The van der Waals surface area contributed by atoms with Crippen LogP contribution in [0.2, 0.25) is 0 Å². The summed E-state index contributed by atoms with van der Waals surface area (Å²) in [6.07, 6.45) is 1.11. The molecular weight excluding hydrogens is 202 g/mol. The van der Waals surface area contributed by atoms with Gasteiger partial charge in [-0.1, -0.05) is 25.1 Å². The van der Waals surface area contributed by atoms with Crippen LogP contribution in [0.5, 0.6) is 0 Å². The number of nitrogens with two attached hydrogens (primary N) is 1. The third-order valence-corrected chi connectivity index (χ3v) is 3.98. The fraction of sp³-hybridized carbons (Fsp3) is 0.538. The number of hydrogen-bond acceptors (Lipinski definition) is 2.